The second-order valence-corrected chi connectivity index (χ2v) is 7.86. The van der Waals surface area contributed by atoms with E-state index in [-0.39, 0.29) is 18.1 Å². The van der Waals surface area contributed by atoms with Gasteiger partial charge in [0.2, 0.25) is 18.4 Å². The minimum Gasteiger partial charge on any atom is -0.497 e. The van der Waals surface area contributed by atoms with E-state index in [1.807, 2.05) is 35.2 Å². The van der Waals surface area contributed by atoms with Gasteiger partial charge in [0.1, 0.15) is 16.9 Å². The number of hydrogen-bond donors (Lipinski definition) is 0. The van der Waals surface area contributed by atoms with Gasteiger partial charge in [-0.25, -0.2) is 0 Å². The van der Waals surface area contributed by atoms with Crippen molar-refractivity contribution >= 4 is 17.7 Å². The highest BCUT2D eigenvalue weighted by Gasteiger charge is 2.32. The molecule has 0 N–H and O–H groups in total. The molecule has 2 heterocycles. The minimum atomic E-state index is -0.156. The van der Waals surface area contributed by atoms with Crippen LogP contribution in [0.25, 0.3) is 0 Å². The Hall–Kier alpha value is -2.74. The van der Waals surface area contributed by atoms with Crippen LogP contribution >= 0.6 is 11.8 Å². The van der Waals surface area contributed by atoms with Crippen LogP contribution in [0.3, 0.4) is 0 Å². The normalized spacial score (nSPS) is 18.0. The third-order valence-electron chi connectivity index (χ3n) is 4.93. The fraction of sp³-hybridized carbons (Fsp3) is 0.381. The molecule has 2 aromatic rings. The van der Waals surface area contributed by atoms with Crippen LogP contribution in [0.1, 0.15) is 22.9 Å². The summed E-state index contributed by atoms with van der Waals surface area (Å²) < 4.78 is 27.3. The topological polar surface area (TPSA) is 66.5 Å². The fourth-order valence-corrected chi connectivity index (χ4v) is 4.73. The maximum atomic E-state index is 12.8. The summed E-state index contributed by atoms with van der Waals surface area (Å²) in [4.78, 5) is 14.7. The van der Waals surface area contributed by atoms with E-state index in [1.165, 1.54) is 0 Å². The smallest absolute Gasteiger partial charge is 0.231 e. The van der Waals surface area contributed by atoms with Crippen molar-refractivity contribution in [2.45, 2.75) is 18.3 Å². The summed E-state index contributed by atoms with van der Waals surface area (Å²) in [5.41, 5.74) is 1.88. The Kier molecular flexibility index (Phi) is 5.62. The Morgan fingerprint density at radius 3 is 2.48 bits per heavy atom. The van der Waals surface area contributed by atoms with Crippen LogP contribution in [0.2, 0.25) is 0 Å². The zero-order valence-corrected chi connectivity index (χ0v) is 17.4. The molecule has 29 heavy (non-hydrogen) atoms. The number of thioether (sulfide) groups is 1. The molecule has 1 unspecified atom stereocenters. The van der Waals surface area contributed by atoms with Gasteiger partial charge in [-0.2, -0.15) is 0 Å². The molecule has 7 nitrogen and oxygen atoms in total. The molecule has 0 aliphatic carbocycles. The van der Waals surface area contributed by atoms with Gasteiger partial charge in [-0.05, 0) is 35.4 Å². The van der Waals surface area contributed by atoms with Gasteiger partial charge in [-0.1, -0.05) is 0 Å². The number of methoxy groups -OCH3 is 3. The fourth-order valence-electron chi connectivity index (χ4n) is 3.52. The molecule has 0 aromatic heterocycles. The zero-order chi connectivity index (χ0) is 20.4. The average molecular weight is 417 g/mol. The van der Waals surface area contributed by atoms with E-state index in [4.69, 9.17) is 23.7 Å². The first-order chi connectivity index (χ1) is 14.1. The molecular weight excluding hydrogens is 394 g/mol. The van der Waals surface area contributed by atoms with E-state index in [0.717, 1.165) is 16.9 Å². The van der Waals surface area contributed by atoms with Gasteiger partial charge >= 0.3 is 0 Å². The molecule has 1 saturated heterocycles. The summed E-state index contributed by atoms with van der Waals surface area (Å²) in [5, 5.41) is -0.156. The minimum absolute atomic E-state index is 0.104. The molecule has 2 aliphatic rings. The highest BCUT2D eigenvalue weighted by atomic mass is 32.2. The van der Waals surface area contributed by atoms with E-state index < -0.39 is 0 Å². The summed E-state index contributed by atoms with van der Waals surface area (Å²) in [6.07, 6.45) is 0.504. The quantitative estimate of drug-likeness (QED) is 0.711. The van der Waals surface area contributed by atoms with Crippen molar-refractivity contribution in [3.63, 3.8) is 0 Å². The summed E-state index contributed by atoms with van der Waals surface area (Å²) in [7, 11) is 4.82. The lowest BCUT2D eigenvalue weighted by Crippen LogP contribution is -2.36. The van der Waals surface area contributed by atoms with Gasteiger partial charge in [0, 0.05) is 24.8 Å². The maximum absolute atomic E-state index is 12.8. The predicted octanol–water partition coefficient (Wildman–Crippen LogP) is 3.61. The summed E-state index contributed by atoms with van der Waals surface area (Å²) >= 11 is 1.72. The summed E-state index contributed by atoms with van der Waals surface area (Å²) in [6, 6.07) is 9.51. The third-order valence-corrected chi connectivity index (χ3v) is 6.21. The lowest BCUT2D eigenvalue weighted by molar-refractivity contribution is -0.132. The molecule has 1 amide bonds. The van der Waals surface area contributed by atoms with Gasteiger partial charge in [0.15, 0.2) is 11.5 Å². The Labute approximate surface area is 173 Å². The van der Waals surface area contributed by atoms with Crippen LogP contribution in [-0.4, -0.2) is 44.7 Å². The van der Waals surface area contributed by atoms with Crippen molar-refractivity contribution in [3.05, 3.63) is 41.5 Å². The van der Waals surface area contributed by atoms with Crippen molar-refractivity contribution < 1.29 is 28.5 Å². The summed E-state index contributed by atoms with van der Waals surface area (Å²) in [5.74, 6) is 4.10. The Morgan fingerprint density at radius 2 is 1.79 bits per heavy atom. The number of fused-ring (bicyclic) bond motifs is 1. The largest absolute Gasteiger partial charge is 0.497 e. The van der Waals surface area contributed by atoms with Crippen molar-refractivity contribution in [1.29, 1.82) is 0 Å². The number of hydrogen-bond acceptors (Lipinski definition) is 7. The van der Waals surface area contributed by atoms with Crippen LogP contribution in [-0.2, 0) is 11.3 Å². The standard InChI is InChI=1S/C21H23NO6S/c1-24-15-6-13(7-16(10-15)25-2)11-22-19(23)4-5-29-21(22)14-8-17(26-3)20-18(9-14)27-12-28-20/h6-10,21H,4-5,11-12H2,1-3H3. The number of carbonyl (C=O) groups excluding carboxylic acids is 1. The third kappa shape index (κ3) is 3.89. The van der Waals surface area contributed by atoms with Gasteiger partial charge in [-0.3, -0.25) is 4.79 Å². The molecule has 1 atom stereocenters. The lowest BCUT2D eigenvalue weighted by Gasteiger charge is -2.36. The molecule has 2 aromatic carbocycles. The average Bonchev–Trinajstić information content (AvgIpc) is 3.23. The Morgan fingerprint density at radius 1 is 1.03 bits per heavy atom. The SMILES string of the molecule is COc1cc(CN2C(=O)CCSC2c2cc(OC)c3c(c2)OCO3)cc(OC)c1. The second-order valence-electron chi connectivity index (χ2n) is 6.67. The van der Waals surface area contributed by atoms with E-state index in [9.17, 15) is 4.79 Å². The van der Waals surface area contributed by atoms with Crippen LogP contribution < -0.4 is 23.7 Å². The number of nitrogens with zero attached hydrogens (tertiary/aromatic N) is 1. The number of carbonyl (C=O) groups is 1. The number of rotatable bonds is 6. The first kappa shape index (κ1) is 19.6. The van der Waals surface area contributed by atoms with E-state index in [1.54, 1.807) is 33.1 Å². The molecule has 1 fully saturated rings. The summed E-state index contributed by atoms with van der Waals surface area (Å²) in [6.45, 7) is 0.611. The van der Waals surface area contributed by atoms with Crippen LogP contribution in [0.5, 0.6) is 28.7 Å². The lowest BCUT2D eigenvalue weighted by atomic mass is 10.1. The molecule has 0 saturated carbocycles. The maximum Gasteiger partial charge on any atom is 0.231 e. The van der Waals surface area contributed by atoms with E-state index in [2.05, 4.69) is 0 Å². The molecule has 4 rings (SSSR count). The molecule has 8 heteroatoms. The Balaban J connectivity index is 1.68. The molecule has 0 bridgehead atoms. The van der Waals surface area contributed by atoms with Gasteiger partial charge in [0.25, 0.3) is 0 Å². The van der Waals surface area contributed by atoms with E-state index in [0.29, 0.717) is 41.7 Å². The van der Waals surface area contributed by atoms with Crippen LogP contribution in [0.4, 0.5) is 0 Å². The van der Waals surface area contributed by atoms with Gasteiger partial charge in [0.05, 0.1) is 21.3 Å². The van der Waals surface area contributed by atoms with Crippen LogP contribution in [0.15, 0.2) is 30.3 Å². The molecule has 0 radical (unpaired) electrons. The van der Waals surface area contributed by atoms with Crippen molar-refractivity contribution in [3.8, 4) is 28.7 Å². The van der Waals surface area contributed by atoms with Crippen molar-refractivity contribution in [2.24, 2.45) is 0 Å². The molecular formula is C21H23NO6S. The first-order valence-electron chi connectivity index (χ1n) is 9.23. The number of benzene rings is 2. The second kappa shape index (κ2) is 8.32. The molecule has 154 valence electrons. The van der Waals surface area contributed by atoms with Gasteiger partial charge < -0.3 is 28.6 Å². The number of ether oxygens (including phenoxy) is 5. The number of amides is 1. The first-order valence-corrected chi connectivity index (χ1v) is 10.3. The highest BCUT2D eigenvalue weighted by Crippen LogP contribution is 2.47. The Bertz CT molecular complexity index is 896. The molecule has 0 spiro atoms. The monoisotopic (exact) mass is 417 g/mol. The van der Waals surface area contributed by atoms with Crippen molar-refractivity contribution in [2.75, 3.05) is 33.9 Å². The van der Waals surface area contributed by atoms with Crippen LogP contribution in [0, 0.1) is 0 Å². The predicted molar refractivity (Wildman–Crippen MR) is 109 cm³/mol. The van der Waals surface area contributed by atoms with Crippen molar-refractivity contribution in [1.82, 2.24) is 4.90 Å². The van der Waals surface area contributed by atoms with E-state index >= 15 is 0 Å². The molecule has 2 aliphatic heterocycles. The zero-order valence-electron chi connectivity index (χ0n) is 16.6. The highest BCUT2D eigenvalue weighted by molar-refractivity contribution is 7.99. The van der Waals surface area contributed by atoms with Gasteiger partial charge in [-0.15, -0.1) is 11.8 Å².